The Kier molecular flexibility index (Phi) is 2.09. The molecule has 0 saturated carbocycles. The second kappa shape index (κ2) is 3.78. The molecule has 0 atom stereocenters. The van der Waals surface area contributed by atoms with Gasteiger partial charge in [0, 0.05) is 19.0 Å². The van der Waals surface area contributed by atoms with E-state index in [1.54, 1.807) is 6.33 Å². The molecule has 0 bridgehead atoms. The lowest BCUT2D eigenvalue weighted by Crippen LogP contribution is -1.92. The summed E-state index contributed by atoms with van der Waals surface area (Å²) in [5, 5.41) is 0. The Balaban J connectivity index is 1.85. The molecule has 0 unspecified atom stereocenters. The van der Waals surface area contributed by atoms with Crippen molar-refractivity contribution < 1.29 is 4.74 Å². The van der Waals surface area contributed by atoms with E-state index >= 15 is 0 Å². The minimum Gasteiger partial charge on any atom is -0.493 e. The highest BCUT2D eigenvalue weighted by Crippen LogP contribution is 2.29. The quantitative estimate of drug-likeness (QED) is 0.664. The molecule has 1 aromatic carbocycles. The van der Waals surface area contributed by atoms with Crippen molar-refractivity contribution in [3.05, 3.63) is 36.3 Å². The number of hydrogen-bond donors (Lipinski definition) is 0. The van der Waals surface area contributed by atoms with Crippen LogP contribution in [0, 0.1) is 0 Å². The average Bonchev–Trinajstić information content (AvgIpc) is 3.04. The third-order valence-electron chi connectivity index (χ3n) is 3.43. The molecule has 19 heavy (non-hydrogen) atoms. The van der Waals surface area contributed by atoms with Crippen LogP contribution in [0.15, 0.2) is 30.7 Å². The molecule has 0 spiro atoms. The fourth-order valence-corrected chi connectivity index (χ4v) is 2.38. The number of ether oxygens (including phenoxy) is 1. The van der Waals surface area contributed by atoms with Crippen LogP contribution in [0.4, 0.5) is 0 Å². The topological polar surface area (TPSA) is 52.8 Å². The molecule has 1 aliphatic rings. The summed E-state index contributed by atoms with van der Waals surface area (Å²) in [7, 11) is 1.94. The van der Waals surface area contributed by atoms with E-state index in [4.69, 9.17) is 4.74 Å². The largest absolute Gasteiger partial charge is 0.493 e. The van der Waals surface area contributed by atoms with Crippen LogP contribution in [0.3, 0.4) is 0 Å². The molecule has 0 aliphatic carbocycles. The molecule has 5 nitrogen and oxygen atoms in total. The summed E-state index contributed by atoms with van der Waals surface area (Å²) in [6, 6.07) is 6.09. The van der Waals surface area contributed by atoms with Crippen molar-refractivity contribution in [2.45, 2.75) is 6.42 Å². The van der Waals surface area contributed by atoms with Gasteiger partial charge in [0.1, 0.15) is 11.3 Å². The summed E-state index contributed by atoms with van der Waals surface area (Å²) >= 11 is 0. The summed E-state index contributed by atoms with van der Waals surface area (Å²) in [5.41, 5.74) is 3.90. The molecule has 1 aliphatic heterocycles. The molecule has 4 rings (SSSR count). The standard InChI is InChI=1S/C14H12N4O/c1-18-8-16-14-11(18)7-15-13(17-14)10-2-3-12-9(6-10)4-5-19-12/h2-3,6-8H,4-5H2,1H3. The number of rotatable bonds is 1. The summed E-state index contributed by atoms with van der Waals surface area (Å²) in [5.74, 6) is 1.68. The fraction of sp³-hybridized carbons (Fsp3) is 0.214. The third-order valence-corrected chi connectivity index (χ3v) is 3.43. The zero-order valence-corrected chi connectivity index (χ0v) is 10.5. The minimum absolute atomic E-state index is 0.709. The molecule has 0 N–H and O–H groups in total. The van der Waals surface area contributed by atoms with Crippen molar-refractivity contribution in [3.63, 3.8) is 0 Å². The Hall–Kier alpha value is -2.43. The summed E-state index contributed by atoms with van der Waals surface area (Å²) < 4.78 is 7.42. The number of benzene rings is 1. The highest BCUT2D eigenvalue weighted by atomic mass is 16.5. The molecule has 94 valence electrons. The van der Waals surface area contributed by atoms with Crippen molar-refractivity contribution in [2.75, 3.05) is 6.61 Å². The van der Waals surface area contributed by atoms with Gasteiger partial charge in [-0.3, -0.25) is 0 Å². The van der Waals surface area contributed by atoms with Gasteiger partial charge in [-0.1, -0.05) is 0 Å². The summed E-state index contributed by atoms with van der Waals surface area (Å²) in [4.78, 5) is 13.2. The van der Waals surface area contributed by atoms with Crippen LogP contribution in [0.2, 0.25) is 0 Å². The van der Waals surface area contributed by atoms with E-state index in [1.807, 2.05) is 29.9 Å². The number of aryl methyl sites for hydroxylation is 1. The van der Waals surface area contributed by atoms with E-state index in [0.717, 1.165) is 35.5 Å². The minimum atomic E-state index is 0.709. The van der Waals surface area contributed by atoms with Gasteiger partial charge in [0.05, 0.1) is 19.1 Å². The molecule has 0 fully saturated rings. The van der Waals surface area contributed by atoms with Crippen LogP contribution in [0.1, 0.15) is 5.56 Å². The Labute approximate surface area is 109 Å². The van der Waals surface area contributed by atoms with Gasteiger partial charge < -0.3 is 9.30 Å². The highest BCUT2D eigenvalue weighted by Gasteiger charge is 2.14. The molecule has 3 heterocycles. The first-order valence-corrected chi connectivity index (χ1v) is 6.21. The van der Waals surface area contributed by atoms with E-state index in [-0.39, 0.29) is 0 Å². The van der Waals surface area contributed by atoms with Gasteiger partial charge in [0.25, 0.3) is 0 Å². The van der Waals surface area contributed by atoms with Crippen LogP contribution in [0.25, 0.3) is 22.6 Å². The highest BCUT2D eigenvalue weighted by molar-refractivity contribution is 5.73. The zero-order chi connectivity index (χ0) is 12.8. The maximum atomic E-state index is 5.51. The number of aromatic nitrogens is 4. The van der Waals surface area contributed by atoms with E-state index in [1.165, 1.54) is 5.56 Å². The van der Waals surface area contributed by atoms with Crippen molar-refractivity contribution in [3.8, 4) is 17.1 Å². The Bertz CT molecular complexity index is 778. The van der Waals surface area contributed by atoms with Gasteiger partial charge in [-0.2, -0.15) is 0 Å². The maximum Gasteiger partial charge on any atom is 0.181 e. The van der Waals surface area contributed by atoms with Crippen LogP contribution >= 0.6 is 0 Å². The molecule has 5 heteroatoms. The monoisotopic (exact) mass is 252 g/mol. The number of fused-ring (bicyclic) bond motifs is 2. The second-order valence-electron chi connectivity index (χ2n) is 4.68. The average molecular weight is 252 g/mol. The van der Waals surface area contributed by atoms with E-state index in [2.05, 4.69) is 21.0 Å². The van der Waals surface area contributed by atoms with Gasteiger partial charge in [0.2, 0.25) is 0 Å². The van der Waals surface area contributed by atoms with Crippen molar-refractivity contribution >= 4 is 11.2 Å². The van der Waals surface area contributed by atoms with Gasteiger partial charge in [0.15, 0.2) is 11.5 Å². The van der Waals surface area contributed by atoms with Crippen molar-refractivity contribution in [1.29, 1.82) is 0 Å². The molecular weight excluding hydrogens is 240 g/mol. The lowest BCUT2D eigenvalue weighted by atomic mass is 10.1. The molecular formula is C14H12N4O. The Morgan fingerprint density at radius 2 is 2.21 bits per heavy atom. The van der Waals surface area contributed by atoms with Gasteiger partial charge in [-0.15, -0.1) is 0 Å². The first kappa shape index (κ1) is 10.5. The van der Waals surface area contributed by atoms with Crippen molar-refractivity contribution in [1.82, 2.24) is 19.5 Å². The van der Waals surface area contributed by atoms with Gasteiger partial charge >= 0.3 is 0 Å². The van der Waals surface area contributed by atoms with E-state index in [0.29, 0.717) is 5.82 Å². The number of hydrogen-bond acceptors (Lipinski definition) is 4. The van der Waals surface area contributed by atoms with Crippen LogP contribution in [-0.2, 0) is 13.5 Å². The second-order valence-corrected chi connectivity index (χ2v) is 4.68. The Morgan fingerprint density at radius 3 is 3.16 bits per heavy atom. The first-order valence-electron chi connectivity index (χ1n) is 6.21. The smallest absolute Gasteiger partial charge is 0.181 e. The van der Waals surface area contributed by atoms with E-state index in [9.17, 15) is 0 Å². The normalized spacial score (nSPS) is 13.5. The fourth-order valence-electron chi connectivity index (χ4n) is 2.38. The van der Waals surface area contributed by atoms with E-state index < -0.39 is 0 Å². The number of nitrogens with zero attached hydrogens (tertiary/aromatic N) is 4. The third kappa shape index (κ3) is 1.58. The zero-order valence-electron chi connectivity index (χ0n) is 10.5. The van der Waals surface area contributed by atoms with Crippen LogP contribution in [0.5, 0.6) is 5.75 Å². The molecule has 0 saturated heterocycles. The first-order chi connectivity index (χ1) is 9.31. The van der Waals surface area contributed by atoms with Gasteiger partial charge in [-0.05, 0) is 23.8 Å². The molecule has 3 aromatic rings. The number of imidazole rings is 1. The van der Waals surface area contributed by atoms with Crippen molar-refractivity contribution in [2.24, 2.45) is 7.05 Å². The summed E-state index contributed by atoms with van der Waals surface area (Å²) in [6.45, 7) is 0.763. The van der Waals surface area contributed by atoms with Crippen LogP contribution in [-0.4, -0.2) is 26.1 Å². The molecule has 2 aromatic heterocycles. The lowest BCUT2D eigenvalue weighted by molar-refractivity contribution is 0.357. The Morgan fingerprint density at radius 1 is 1.26 bits per heavy atom. The predicted octanol–water partition coefficient (Wildman–Crippen LogP) is 1.97. The SMILES string of the molecule is Cn1cnc2nc(-c3ccc4c(c3)CCO4)ncc21. The van der Waals surface area contributed by atoms with Gasteiger partial charge in [-0.25, -0.2) is 15.0 Å². The lowest BCUT2D eigenvalue weighted by Gasteiger charge is -2.03. The maximum absolute atomic E-state index is 5.51. The summed E-state index contributed by atoms with van der Waals surface area (Å²) in [6.07, 6.45) is 4.52. The molecule has 0 radical (unpaired) electrons. The van der Waals surface area contributed by atoms with Crippen LogP contribution < -0.4 is 4.74 Å². The predicted molar refractivity (Wildman–Crippen MR) is 70.9 cm³/mol. The molecule has 0 amide bonds.